The maximum absolute atomic E-state index is 5.80. The van der Waals surface area contributed by atoms with Crippen molar-refractivity contribution >= 4 is 17.3 Å². The van der Waals surface area contributed by atoms with Crippen LogP contribution < -0.4 is 10.6 Å². The molecule has 1 aromatic carbocycles. The zero-order valence-corrected chi connectivity index (χ0v) is 18.0. The first-order chi connectivity index (χ1) is 14.3. The fraction of sp³-hybridized carbons (Fsp3) is 0.545. The Morgan fingerprint density at radius 2 is 2.17 bits per heavy atom. The van der Waals surface area contributed by atoms with Gasteiger partial charge in [-0.05, 0) is 31.7 Å². The van der Waals surface area contributed by atoms with Crippen molar-refractivity contribution in [3.8, 4) is 0 Å². The molecule has 6 nitrogen and oxygen atoms in total. The lowest BCUT2D eigenvalue weighted by molar-refractivity contribution is 0.0420. The average molecular weight is 417 g/mol. The molecule has 1 saturated heterocycles. The lowest BCUT2D eigenvalue weighted by atomic mass is 10.1. The largest absolute Gasteiger partial charge is 0.379 e. The highest BCUT2D eigenvalue weighted by molar-refractivity contribution is 7.09. The molecule has 1 unspecified atom stereocenters. The molecule has 7 heteroatoms. The summed E-state index contributed by atoms with van der Waals surface area (Å²) < 4.78 is 11.1. The number of thiazole rings is 1. The molecule has 2 N–H and O–H groups in total. The molecule has 1 atom stereocenters. The van der Waals surface area contributed by atoms with E-state index in [0.29, 0.717) is 6.54 Å². The van der Waals surface area contributed by atoms with E-state index in [1.54, 1.807) is 11.3 Å². The van der Waals surface area contributed by atoms with Gasteiger partial charge in [0.1, 0.15) is 0 Å². The van der Waals surface area contributed by atoms with Gasteiger partial charge >= 0.3 is 0 Å². The van der Waals surface area contributed by atoms with Crippen molar-refractivity contribution < 1.29 is 9.47 Å². The SMILES string of the molecule is CCNC(=NCc1csc(CCc2ccccc2)n1)NCCCOC1CCOC1. The summed E-state index contributed by atoms with van der Waals surface area (Å²) in [4.78, 5) is 9.40. The van der Waals surface area contributed by atoms with Gasteiger partial charge in [-0.2, -0.15) is 0 Å². The first kappa shape index (κ1) is 21.7. The Kier molecular flexibility index (Phi) is 9.42. The fourth-order valence-corrected chi connectivity index (χ4v) is 3.90. The topological polar surface area (TPSA) is 67.8 Å². The molecule has 158 valence electrons. The number of aryl methyl sites for hydroxylation is 2. The highest BCUT2D eigenvalue weighted by atomic mass is 32.1. The summed E-state index contributed by atoms with van der Waals surface area (Å²) in [6.07, 6.45) is 4.23. The molecule has 1 aliphatic rings. The second-order valence-electron chi connectivity index (χ2n) is 7.05. The number of hydrogen-bond acceptors (Lipinski definition) is 5. The zero-order chi connectivity index (χ0) is 20.2. The highest BCUT2D eigenvalue weighted by Crippen LogP contribution is 2.14. The summed E-state index contributed by atoms with van der Waals surface area (Å²) in [7, 11) is 0. The number of rotatable bonds is 11. The van der Waals surface area contributed by atoms with Gasteiger partial charge in [-0.1, -0.05) is 30.3 Å². The molecular formula is C22H32N4O2S. The molecule has 3 rings (SSSR count). The summed E-state index contributed by atoms with van der Waals surface area (Å²) >= 11 is 1.72. The van der Waals surface area contributed by atoms with E-state index in [9.17, 15) is 0 Å². The average Bonchev–Trinajstić information content (AvgIpc) is 3.43. The highest BCUT2D eigenvalue weighted by Gasteiger charge is 2.15. The van der Waals surface area contributed by atoms with E-state index >= 15 is 0 Å². The van der Waals surface area contributed by atoms with Crippen molar-refractivity contribution in [1.82, 2.24) is 15.6 Å². The van der Waals surface area contributed by atoms with Crippen LogP contribution in [-0.2, 0) is 28.9 Å². The molecule has 0 saturated carbocycles. The minimum absolute atomic E-state index is 0.276. The minimum Gasteiger partial charge on any atom is -0.379 e. The second kappa shape index (κ2) is 12.6. The molecule has 2 heterocycles. The van der Waals surface area contributed by atoms with Gasteiger partial charge in [0.2, 0.25) is 0 Å². The third kappa shape index (κ3) is 8.12. The van der Waals surface area contributed by atoms with Crippen LogP contribution in [-0.4, -0.2) is 50.0 Å². The van der Waals surface area contributed by atoms with Crippen molar-refractivity contribution in [2.45, 2.75) is 45.3 Å². The summed E-state index contributed by atoms with van der Waals surface area (Å²) in [5.41, 5.74) is 2.38. The van der Waals surface area contributed by atoms with Crippen LogP contribution in [0.5, 0.6) is 0 Å². The van der Waals surface area contributed by atoms with E-state index in [2.05, 4.69) is 58.3 Å². The molecule has 2 aromatic rings. The smallest absolute Gasteiger partial charge is 0.191 e. The lowest BCUT2D eigenvalue weighted by Gasteiger charge is -2.12. The van der Waals surface area contributed by atoms with Gasteiger partial charge in [-0.3, -0.25) is 0 Å². The Balaban J connectivity index is 1.38. The van der Waals surface area contributed by atoms with Crippen LogP contribution in [0.15, 0.2) is 40.7 Å². The van der Waals surface area contributed by atoms with Crippen molar-refractivity contribution in [3.63, 3.8) is 0 Å². The molecule has 0 bridgehead atoms. The van der Waals surface area contributed by atoms with Gasteiger partial charge in [0, 0.05) is 38.1 Å². The number of nitrogens with one attached hydrogen (secondary N) is 2. The summed E-state index contributed by atoms with van der Waals surface area (Å²) in [6.45, 7) is 6.64. The van der Waals surface area contributed by atoms with Crippen molar-refractivity contribution in [2.75, 3.05) is 32.9 Å². The zero-order valence-electron chi connectivity index (χ0n) is 17.2. The Hall–Kier alpha value is -1.96. The van der Waals surface area contributed by atoms with E-state index in [4.69, 9.17) is 14.5 Å². The molecule has 0 radical (unpaired) electrons. The number of ether oxygens (including phenoxy) is 2. The van der Waals surface area contributed by atoms with E-state index in [1.807, 2.05) is 0 Å². The van der Waals surface area contributed by atoms with Gasteiger partial charge in [0.05, 0.1) is 30.0 Å². The van der Waals surface area contributed by atoms with Crippen LogP contribution in [0.4, 0.5) is 0 Å². The first-order valence-electron chi connectivity index (χ1n) is 10.5. The number of guanidine groups is 1. The maximum Gasteiger partial charge on any atom is 0.191 e. The van der Waals surface area contributed by atoms with E-state index in [0.717, 1.165) is 70.2 Å². The van der Waals surface area contributed by atoms with E-state index in [1.165, 1.54) is 10.6 Å². The van der Waals surface area contributed by atoms with Gasteiger partial charge < -0.3 is 20.1 Å². The molecule has 29 heavy (non-hydrogen) atoms. The molecular weight excluding hydrogens is 384 g/mol. The van der Waals surface area contributed by atoms with E-state index in [-0.39, 0.29) is 6.10 Å². The van der Waals surface area contributed by atoms with Gasteiger partial charge in [-0.15, -0.1) is 11.3 Å². The summed E-state index contributed by atoms with van der Waals surface area (Å²) in [5, 5.41) is 9.95. The minimum atomic E-state index is 0.276. The Bertz CT molecular complexity index is 729. The monoisotopic (exact) mass is 416 g/mol. The van der Waals surface area contributed by atoms with Crippen LogP contribution in [0.2, 0.25) is 0 Å². The van der Waals surface area contributed by atoms with E-state index < -0.39 is 0 Å². The first-order valence-corrected chi connectivity index (χ1v) is 11.4. The number of aromatic nitrogens is 1. The third-order valence-electron chi connectivity index (χ3n) is 4.67. The second-order valence-corrected chi connectivity index (χ2v) is 7.99. The summed E-state index contributed by atoms with van der Waals surface area (Å²) in [6, 6.07) is 10.6. The lowest BCUT2D eigenvalue weighted by Crippen LogP contribution is -2.38. The van der Waals surface area contributed by atoms with Crippen molar-refractivity contribution in [3.05, 3.63) is 52.0 Å². The number of aliphatic imine (C=N–C) groups is 1. The predicted octanol–water partition coefficient (Wildman–Crippen LogP) is 3.18. The number of nitrogens with zero attached hydrogens (tertiary/aromatic N) is 2. The van der Waals surface area contributed by atoms with Crippen LogP contribution in [0.1, 0.15) is 36.0 Å². The normalized spacial score (nSPS) is 16.9. The predicted molar refractivity (Wildman–Crippen MR) is 119 cm³/mol. The van der Waals surface area contributed by atoms with Crippen molar-refractivity contribution in [2.24, 2.45) is 4.99 Å². The van der Waals surface area contributed by atoms with Gasteiger partial charge in [0.25, 0.3) is 0 Å². The molecule has 1 aliphatic heterocycles. The number of benzene rings is 1. The Labute approximate surface area is 177 Å². The van der Waals surface area contributed by atoms with Crippen molar-refractivity contribution in [1.29, 1.82) is 0 Å². The standard InChI is InChI=1S/C22H32N4O2S/c1-2-23-22(24-12-6-13-28-20-11-14-27-16-20)25-15-19-17-29-21(26-19)10-9-18-7-4-3-5-8-18/h3-5,7-8,17,20H,2,6,9-16H2,1H3,(H2,23,24,25). The van der Waals surface area contributed by atoms with Crippen LogP contribution in [0, 0.1) is 0 Å². The van der Waals surface area contributed by atoms with Gasteiger partial charge in [0.15, 0.2) is 5.96 Å². The Morgan fingerprint density at radius 1 is 1.28 bits per heavy atom. The molecule has 1 fully saturated rings. The number of hydrogen-bond donors (Lipinski definition) is 2. The van der Waals surface area contributed by atoms with Gasteiger partial charge in [-0.25, -0.2) is 9.98 Å². The Morgan fingerprint density at radius 3 is 2.97 bits per heavy atom. The maximum atomic E-state index is 5.80. The molecule has 0 spiro atoms. The third-order valence-corrected chi connectivity index (χ3v) is 5.63. The molecule has 0 aliphatic carbocycles. The van der Waals surface area contributed by atoms with Crippen LogP contribution in [0.25, 0.3) is 0 Å². The van der Waals surface area contributed by atoms with Crippen LogP contribution in [0.3, 0.4) is 0 Å². The quantitative estimate of drug-likeness (QED) is 0.335. The molecule has 0 amide bonds. The molecule has 1 aromatic heterocycles. The van der Waals surface area contributed by atoms with Crippen LogP contribution >= 0.6 is 11.3 Å². The summed E-state index contributed by atoms with van der Waals surface area (Å²) in [5.74, 6) is 0.829. The fourth-order valence-electron chi connectivity index (χ4n) is 3.11.